The smallest absolute Gasteiger partial charge is 0.0540 e. The molecule has 0 spiro atoms. The summed E-state index contributed by atoms with van der Waals surface area (Å²) < 4.78 is 0. The Morgan fingerprint density at radius 3 is 1.40 bits per heavy atom. The first-order valence-electron chi connectivity index (χ1n) is 14.8. The fraction of sp³-hybridized carbons (Fsp3) is 0.875. The molecule has 0 saturated carbocycles. The summed E-state index contributed by atoms with van der Waals surface area (Å²) in [5.41, 5.74) is 0. The number of rotatable bonds is 18. The third-order valence-electron chi connectivity index (χ3n) is 6.88. The van der Waals surface area contributed by atoms with Gasteiger partial charge in [0.2, 0.25) is 0 Å². The van der Waals surface area contributed by atoms with Crippen LogP contribution in [0.25, 0.3) is 0 Å². The summed E-state index contributed by atoms with van der Waals surface area (Å²) in [5, 5.41) is 27.5. The van der Waals surface area contributed by atoms with Crippen molar-refractivity contribution in [2.24, 2.45) is 17.8 Å². The largest absolute Gasteiger partial charge is 0.393 e. The SMILES string of the molecule is C/C=C/C[C@@H](C)[C@H](C)O.CCCCC/C=C/C[C@@H](C)[C@H](C)O.CCCCCCCC[C@@H](C)[C@H](C)O. The first kappa shape index (κ1) is 38.9. The van der Waals surface area contributed by atoms with E-state index >= 15 is 0 Å². The van der Waals surface area contributed by atoms with Crippen LogP contribution in [0.2, 0.25) is 0 Å². The van der Waals surface area contributed by atoms with Gasteiger partial charge < -0.3 is 15.3 Å². The summed E-state index contributed by atoms with van der Waals surface area (Å²) in [7, 11) is 0. The normalized spacial score (nSPS) is 16.6. The summed E-state index contributed by atoms with van der Waals surface area (Å²) in [6.45, 7) is 18.3. The van der Waals surface area contributed by atoms with E-state index in [9.17, 15) is 10.2 Å². The highest BCUT2D eigenvalue weighted by Crippen LogP contribution is 2.14. The van der Waals surface area contributed by atoms with Gasteiger partial charge in [-0.2, -0.15) is 0 Å². The van der Waals surface area contributed by atoms with Gasteiger partial charge in [0.1, 0.15) is 0 Å². The molecule has 0 aromatic rings. The van der Waals surface area contributed by atoms with Gasteiger partial charge in [0.05, 0.1) is 18.3 Å². The van der Waals surface area contributed by atoms with Gasteiger partial charge >= 0.3 is 0 Å². The second-order valence-corrected chi connectivity index (χ2v) is 10.7. The molecule has 6 atom stereocenters. The van der Waals surface area contributed by atoms with Gasteiger partial charge in [0, 0.05) is 0 Å². The lowest BCUT2D eigenvalue weighted by molar-refractivity contribution is 0.128. The van der Waals surface area contributed by atoms with Crippen LogP contribution < -0.4 is 0 Å². The van der Waals surface area contributed by atoms with Crippen LogP contribution in [0.4, 0.5) is 0 Å². The van der Waals surface area contributed by atoms with Gasteiger partial charge in [-0.25, -0.2) is 0 Å². The summed E-state index contributed by atoms with van der Waals surface area (Å²) in [5.74, 6) is 1.26. The minimum absolute atomic E-state index is 0.129. The average Bonchev–Trinajstić information content (AvgIpc) is 2.82. The van der Waals surface area contributed by atoms with Crippen LogP contribution in [-0.4, -0.2) is 33.6 Å². The molecule has 3 nitrogen and oxygen atoms in total. The molecule has 0 aromatic heterocycles. The molecule has 0 aliphatic heterocycles. The average molecular weight is 499 g/mol. The van der Waals surface area contributed by atoms with E-state index in [1.165, 1.54) is 70.6 Å². The predicted molar refractivity (Wildman–Crippen MR) is 158 cm³/mol. The zero-order valence-electron chi connectivity index (χ0n) is 25.3. The lowest BCUT2D eigenvalue weighted by Gasteiger charge is -2.13. The maximum atomic E-state index is 9.26. The van der Waals surface area contributed by atoms with Crippen LogP contribution in [0.3, 0.4) is 0 Å². The molecule has 0 aromatic carbocycles. The van der Waals surface area contributed by atoms with E-state index in [0.717, 1.165) is 12.8 Å². The monoisotopic (exact) mass is 499 g/mol. The van der Waals surface area contributed by atoms with Gasteiger partial charge in [0.15, 0.2) is 0 Å². The van der Waals surface area contributed by atoms with Crippen molar-refractivity contribution in [3.8, 4) is 0 Å². The van der Waals surface area contributed by atoms with Gasteiger partial charge in [-0.15, -0.1) is 0 Å². The van der Waals surface area contributed by atoms with E-state index in [1.807, 2.05) is 40.7 Å². The molecule has 0 bridgehead atoms. The number of unbranched alkanes of at least 4 members (excludes halogenated alkanes) is 8. The molecule has 3 N–H and O–H groups in total. The quantitative estimate of drug-likeness (QED) is 0.130. The molecule has 0 fully saturated rings. The zero-order valence-corrected chi connectivity index (χ0v) is 25.3. The van der Waals surface area contributed by atoms with E-state index in [2.05, 4.69) is 45.9 Å². The lowest BCUT2D eigenvalue weighted by atomic mass is 9.98. The van der Waals surface area contributed by atoms with Crippen molar-refractivity contribution in [2.45, 2.75) is 164 Å². The van der Waals surface area contributed by atoms with Gasteiger partial charge in [-0.1, -0.05) is 110 Å². The standard InChI is InChI=1S/C12H26O.C12H24O.C8H16O/c2*1-4-5-6-7-8-9-10-11(2)12(3)13;1-4-5-6-7(2)8(3)9/h11-13H,4-10H2,1-3H3;8-9,11-13H,4-7,10H2,1-3H3;4-5,7-9H,6H2,1-3H3/b;9-8+;5-4+/t2*11-,12+;7-,8+/m111/s1. The highest BCUT2D eigenvalue weighted by Gasteiger charge is 2.07. The molecular weight excluding hydrogens is 432 g/mol. The van der Waals surface area contributed by atoms with Crippen LogP contribution in [0.1, 0.15) is 146 Å². The number of hydrogen-bond acceptors (Lipinski definition) is 3. The lowest BCUT2D eigenvalue weighted by Crippen LogP contribution is -2.12. The highest BCUT2D eigenvalue weighted by atomic mass is 16.3. The number of aliphatic hydroxyl groups is 3. The van der Waals surface area contributed by atoms with Crippen LogP contribution in [0.5, 0.6) is 0 Å². The Bertz CT molecular complexity index is 440. The molecule has 0 saturated heterocycles. The van der Waals surface area contributed by atoms with E-state index < -0.39 is 0 Å². The van der Waals surface area contributed by atoms with E-state index in [0.29, 0.717) is 17.8 Å². The Kier molecular flexibility index (Phi) is 32.9. The van der Waals surface area contributed by atoms with Crippen molar-refractivity contribution < 1.29 is 15.3 Å². The van der Waals surface area contributed by atoms with Crippen molar-refractivity contribution in [3.63, 3.8) is 0 Å². The summed E-state index contributed by atoms with van der Waals surface area (Å²) in [6, 6.07) is 0. The van der Waals surface area contributed by atoms with E-state index in [-0.39, 0.29) is 18.3 Å². The summed E-state index contributed by atoms with van der Waals surface area (Å²) in [6.07, 6.45) is 24.4. The Morgan fingerprint density at radius 2 is 0.943 bits per heavy atom. The van der Waals surface area contributed by atoms with Gasteiger partial charge in [-0.3, -0.25) is 0 Å². The molecule has 0 aliphatic carbocycles. The van der Waals surface area contributed by atoms with Crippen molar-refractivity contribution in [1.29, 1.82) is 0 Å². The number of aliphatic hydroxyl groups excluding tert-OH is 3. The molecule has 0 amide bonds. The van der Waals surface area contributed by atoms with Gasteiger partial charge in [-0.05, 0) is 77.6 Å². The fourth-order valence-corrected chi connectivity index (χ4v) is 3.17. The molecule has 0 radical (unpaired) electrons. The number of allylic oxidation sites excluding steroid dienone is 4. The predicted octanol–water partition coefficient (Wildman–Crippen LogP) is 9.25. The Labute approximate surface area is 221 Å². The van der Waals surface area contributed by atoms with E-state index in [4.69, 9.17) is 5.11 Å². The third kappa shape index (κ3) is 33.4. The Balaban J connectivity index is -0.000000448. The molecular formula is C32H66O3. The van der Waals surface area contributed by atoms with Crippen LogP contribution in [-0.2, 0) is 0 Å². The summed E-state index contributed by atoms with van der Waals surface area (Å²) >= 11 is 0. The van der Waals surface area contributed by atoms with Crippen molar-refractivity contribution >= 4 is 0 Å². The van der Waals surface area contributed by atoms with E-state index in [1.54, 1.807) is 0 Å². The highest BCUT2D eigenvalue weighted by molar-refractivity contribution is 4.84. The second kappa shape index (κ2) is 29.6. The third-order valence-corrected chi connectivity index (χ3v) is 6.88. The molecule has 0 rings (SSSR count). The first-order valence-corrected chi connectivity index (χ1v) is 14.8. The Morgan fingerprint density at radius 1 is 0.514 bits per heavy atom. The Hall–Kier alpha value is -0.640. The molecule has 35 heavy (non-hydrogen) atoms. The maximum absolute atomic E-state index is 9.26. The zero-order chi connectivity index (χ0) is 27.5. The topological polar surface area (TPSA) is 60.7 Å². The maximum Gasteiger partial charge on any atom is 0.0540 e. The van der Waals surface area contributed by atoms with Crippen LogP contribution >= 0.6 is 0 Å². The minimum atomic E-state index is -0.180. The number of hydrogen-bond donors (Lipinski definition) is 3. The van der Waals surface area contributed by atoms with Crippen LogP contribution in [0.15, 0.2) is 24.3 Å². The molecule has 3 heteroatoms. The van der Waals surface area contributed by atoms with Crippen molar-refractivity contribution in [3.05, 3.63) is 24.3 Å². The van der Waals surface area contributed by atoms with Crippen molar-refractivity contribution in [2.75, 3.05) is 0 Å². The van der Waals surface area contributed by atoms with Crippen LogP contribution in [0, 0.1) is 17.8 Å². The fourth-order valence-electron chi connectivity index (χ4n) is 3.17. The molecule has 0 heterocycles. The first-order chi connectivity index (χ1) is 16.5. The van der Waals surface area contributed by atoms with Gasteiger partial charge in [0.25, 0.3) is 0 Å². The minimum Gasteiger partial charge on any atom is -0.393 e. The molecule has 0 aliphatic rings. The van der Waals surface area contributed by atoms with Crippen molar-refractivity contribution in [1.82, 2.24) is 0 Å². The second-order valence-electron chi connectivity index (χ2n) is 10.7. The molecule has 212 valence electrons. The molecule has 0 unspecified atom stereocenters. The summed E-state index contributed by atoms with van der Waals surface area (Å²) in [4.78, 5) is 0.